The molecule has 2 rings (SSSR count). The first-order valence-corrected chi connectivity index (χ1v) is 4.18. The van der Waals surface area contributed by atoms with E-state index < -0.39 is 6.09 Å². The van der Waals surface area contributed by atoms with Gasteiger partial charge in [0.25, 0.3) is 0 Å². The van der Waals surface area contributed by atoms with E-state index >= 15 is 0 Å². The highest BCUT2D eigenvalue weighted by Crippen LogP contribution is 2.15. The van der Waals surface area contributed by atoms with Crippen molar-refractivity contribution in [2.24, 2.45) is 0 Å². The highest BCUT2D eigenvalue weighted by atomic mass is 16.4. The van der Waals surface area contributed by atoms with Crippen molar-refractivity contribution in [2.75, 3.05) is 6.54 Å². The molecule has 0 saturated carbocycles. The number of nitrogens with zero attached hydrogens (tertiary/aromatic N) is 2. The molecule has 1 aliphatic heterocycles. The molecule has 0 saturated heterocycles. The van der Waals surface area contributed by atoms with Gasteiger partial charge in [-0.25, -0.2) is 4.79 Å². The summed E-state index contributed by atoms with van der Waals surface area (Å²) in [5, 5.41) is 8.77. The standard InChI is InChI=1S/C9H10N2O2/c12-9(13)11-5-3-8-7(6-11)2-1-4-10-8/h1-2,4H,3,5-6H2,(H,12,13). The topological polar surface area (TPSA) is 53.4 Å². The first kappa shape index (κ1) is 8.04. The zero-order valence-corrected chi connectivity index (χ0v) is 7.10. The second-order valence-corrected chi connectivity index (χ2v) is 3.06. The van der Waals surface area contributed by atoms with Crippen LogP contribution in [0, 0.1) is 0 Å². The summed E-state index contributed by atoms with van der Waals surface area (Å²) in [5.41, 5.74) is 2.05. The van der Waals surface area contributed by atoms with Gasteiger partial charge in [0.15, 0.2) is 0 Å². The average Bonchev–Trinajstić information content (AvgIpc) is 2.17. The first-order valence-electron chi connectivity index (χ1n) is 4.18. The molecular formula is C9H10N2O2. The third-order valence-corrected chi connectivity index (χ3v) is 2.23. The van der Waals surface area contributed by atoms with Crippen LogP contribution in [0.15, 0.2) is 18.3 Å². The molecule has 2 heterocycles. The minimum absolute atomic E-state index is 0.471. The van der Waals surface area contributed by atoms with Crippen molar-refractivity contribution in [3.8, 4) is 0 Å². The highest BCUT2D eigenvalue weighted by Gasteiger charge is 2.19. The van der Waals surface area contributed by atoms with Gasteiger partial charge in [-0.1, -0.05) is 6.07 Å². The van der Waals surface area contributed by atoms with Gasteiger partial charge in [0.1, 0.15) is 0 Å². The van der Waals surface area contributed by atoms with E-state index in [1.54, 1.807) is 6.20 Å². The van der Waals surface area contributed by atoms with Crippen LogP contribution in [0.1, 0.15) is 11.3 Å². The van der Waals surface area contributed by atoms with Crippen LogP contribution in [0.4, 0.5) is 4.79 Å². The molecule has 0 radical (unpaired) electrons. The second-order valence-electron chi connectivity index (χ2n) is 3.06. The fraction of sp³-hybridized carbons (Fsp3) is 0.333. The molecule has 0 aliphatic carbocycles. The quantitative estimate of drug-likeness (QED) is 0.647. The molecule has 1 aliphatic rings. The molecule has 0 aromatic carbocycles. The molecule has 0 fully saturated rings. The van der Waals surface area contributed by atoms with Crippen LogP contribution >= 0.6 is 0 Å². The Labute approximate surface area is 75.8 Å². The van der Waals surface area contributed by atoms with Gasteiger partial charge in [-0.2, -0.15) is 0 Å². The van der Waals surface area contributed by atoms with E-state index in [1.807, 2.05) is 12.1 Å². The minimum atomic E-state index is -0.852. The van der Waals surface area contributed by atoms with Crippen LogP contribution in [0.5, 0.6) is 0 Å². The Morgan fingerprint density at radius 2 is 2.46 bits per heavy atom. The van der Waals surface area contributed by atoms with Crippen LogP contribution in [0.2, 0.25) is 0 Å². The molecule has 1 aromatic heterocycles. The molecule has 1 N–H and O–H groups in total. The Bertz CT molecular complexity index is 338. The molecule has 4 heteroatoms. The van der Waals surface area contributed by atoms with E-state index in [0.717, 1.165) is 17.7 Å². The summed E-state index contributed by atoms with van der Waals surface area (Å²) in [6.45, 7) is 1.03. The number of hydrogen-bond acceptors (Lipinski definition) is 2. The van der Waals surface area contributed by atoms with E-state index in [-0.39, 0.29) is 0 Å². The van der Waals surface area contributed by atoms with Gasteiger partial charge >= 0.3 is 6.09 Å². The number of amides is 1. The molecule has 0 unspecified atom stereocenters. The fourth-order valence-corrected chi connectivity index (χ4v) is 1.53. The summed E-state index contributed by atoms with van der Waals surface area (Å²) in [7, 11) is 0. The summed E-state index contributed by atoms with van der Waals surface area (Å²) in [6.07, 6.45) is 1.62. The van der Waals surface area contributed by atoms with Gasteiger partial charge in [0.2, 0.25) is 0 Å². The van der Waals surface area contributed by atoms with Crippen LogP contribution in [0.3, 0.4) is 0 Å². The predicted molar refractivity (Wildman–Crippen MR) is 46.4 cm³/mol. The summed E-state index contributed by atoms with van der Waals surface area (Å²) in [4.78, 5) is 16.3. The number of carboxylic acid groups (broad SMARTS) is 1. The van der Waals surface area contributed by atoms with Crippen LogP contribution in [0.25, 0.3) is 0 Å². The third kappa shape index (κ3) is 1.47. The van der Waals surface area contributed by atoms with Crippen LogP contribution < -0.4 is 0 Å². The maximum absolute atomic E-state index is 10.7. The average molecular weight is 178 g/mol. The lowest BCUT2D eigenvalue weighted by Crippen LogP contribution is -2.35. The molecule has 1 amide bonds. The first-order chi connectivity index (χ1) is 6.27. The van der Waals surface area contributed by atoms with E-state index in [1.165, 1.54) is 4.90 Å². The minimum Gasteiger partial charge on any atom is -0.465 e. The highest BCUT2D eigenvalue weighted by molar-refractivity contribution is 5.65. The van der Waals surface area contributed by atoms with Gasteiger partial charge in [0.05, 0.1) is 6.54 Å². The zero-order valence-electron chi connectivity index (χ0n) is 7.10. The van der Waals surface area contributed by atoms with Crippen molar-refractivity contribution in [3.63, 3.8) is 0 Å². The molecule has 0 spiro atoms. The molecule has 13 heavy (non-hydrogen) atoms. The SMILES string of the molecule is O=C(O)N1CCc2ncccc2C1. The molecule has 4 nitrogen and oxygen atoms in total. The van der Waals surface area contributed by atoms with Crippen LogP contribution in [-0.4, -0.2) is 27.6 Å². The monoisotopic (exact) mass is 178 g/mol. The number of fused-ring (bicyclic) bond motifs is 1. The van der Waals surface area contributed by atoms with Crippen molar-refractivity contribution < 1.29 is 9.90 Å². The number of hydrogen-bond donors (Lipinski definition) is 1. The molecule has 0 bridgehead atoms. The van der Waals surface area contributed by atoms with E-state index in [2.05, 4.69) is 4.98 Å². The van der Waals surface area contributed by atoms with Gasteiger partial charge in [-0.3, -0.25) is 4.98 Å². The van der Waals surface area contributed by atoms with E-state index in [0.29, 0.717) is 13.1 Å². The maximum atomic E-state index is 10.7. The lowest BCUT2D eigenvalue weighted by molar-refractivity contribution is 0.139. The maximum Gasteiger partial charge on any atom is 0.407 e. The lowest BCUT2D eigenvalue weighted by Gasteiger charge is -2.25. The summed E-state index contributed by atoms with van der Waals surface area (Å²) < 4.78 is 0. The van der Waals surface area contributed by atoms with Crippen molar-refractivity contribution in [2.45, 2.75) is 13.0 Å². The zero-order chi connectivity index (χ0) is 9.26. The van der Waals surface area contributed by atoms with E-state index in [9.17, 15) is 4.79 Å². The van der Waals surface area contributed by atoms with Gasteiger partial charge < -0.3 is 10.0 Å². The molecule has 68 valence electrons. The number of aromatic nitrogens is 1. The molecule has 0 atom stereocenters. The van der Waals surface area contributed by atoms with Gasteiger partial charge in [-0.05, 0) is 11.6 Å². The number of rotatable bonds is 0. The lowest BCUT2D eigenvalue weighted by atomic mass is 10.1. The summed E-state index contributed by atoms with van der Waals surface area (Å²) in [5.74, 6) is 0. The van der Waals surface area contributed by atoms with Crippen molar-refractivity contribution in [1.82, 2.24) is 9.88 Å². The van der Waals surface area contributed by atoms with Crippen molar-refractivity contribution in [1.29, 1.82) is 0 Å². The Hall–Kier alpha value is -1.58. The van der Waals surface area contributed by atoms with Crippen LogP contribution in [-0.2, 0) is 13.0 Å². The number of pyridine rings is 1. The summed E-state index contributed by atoms with van der Waals surface area (Å²) >= 11 is 0. The Balaban J connectivity index is 2.24. The molecular weight excluding hydrogens is 168 g/mol. The smallest absolute Gasteiger partial charge is 0.407 e. The third-order valence-electron chi connectivity index (χ3n) is 2.23. The van der Waals surface area contributed by atoms with Gasteiger partial charge in [0, 0.05) is 24.9 Å². The Morgan fingerprint density at radius 3 is 3.23 bits per heavy atom. The second kappa shape index (κ2) is 3.05. The Kier molecular flexibility index (Phi) is 1.88. The Morgan fingerprint density at radius 1 is 1.62 bits per heavy atom. The number of carbonyl (C=O) groups is 1. The van der Waals surface area contributed by atoms with Gasteiger partial charge in [-0.15, -0.1) is 0 Å². The predicted octanol–water partition coefficient (Wildman–Crippen LogP) is 1.12. The largest absolute Gasteiger partial charge is 0.465 e. The normalized spacial score (nSPS) is 15.2. The van der Waals surface area contributed by atoms with Crippen molar-refractivity contribution >= 4 is 6.09 Å². The summed E-state index contributed by atoms with van der Waals surface area (Å²) in [6, 6.07) is 3.77. The molecule has 1 aromatic rings. The fourth-order valence-electron chi connectivity index (χ4n) is 1.53. The van der Waals surface area contributed by atoms with Crippen molar-refractivity contribution in [3.05, 3.63) is 29.6 Å². The van der Waals surface area contributed by atoms with E-state index in [4.69, 9.17) is 5.11 Å².